The Hall–Kier alpha value is -0.410. The molecule has 1 aliphatic heterocycles. The lowest BCUT2D eigenvalue weighted by Crippen LogP contribution is -2.41. The Kier molecular flexibility index (Phi) is 4.37. The van der Waals surface area contributed by atoms with Crippen molar-refractivity contribution in [2.45, 2.75) is 54.3 Å². The zero-order valence-corrected chi connectivity index (χ0v) is 12.0. The third kappa shape index (κ3) is 4.76. The topological polar surface area (TPSA) is 35.5 Å². The van der Waals surface area contributed by atoms with Crippen LogP contribution in [-0.2, 0) is 14.3 Å². The summed E-state index contributed by atoms with van der Waals surface area (Å²) in [4.78, 5) is 12.1. The summed E-state index contributed by atoms with van der Waals surface area (Å²) in [6.45, 7) is 13.3. The van der Waals surface area contributed by atoms with E-state index in [0.29, 0.717) is 13.2 Å². The van der Waals surface area contributed by atoms with Crippen LogP contribution < -0.4 is 0 Å². The first kappa shape index (κ1) is 14.7. The molecule has 0 radical (unpaired) electrons. The number of ether oxygens (including phenoxy) is 2. The molecule has 0 atom stereocenters. The Labute approximate surface area is 105 Å². The lowest BCUT2D eigenvalue weighted by atomic mass is 9.83. The Balaban J connectivity index is 2.44. The first-order chi connectivity index (χ1) is 7.59. The van der Waals surface area contributed by atoms with Crippen molar-refractivity contribution in [2.24, 2.45) is 16.7 Å². The average molecular weight is 242 g/mol. The molecule has 1 saturated heterocycles. The van der Waals surface area contributed by atoms with E-state index < -0.39 is 0 Å². The van der Waals surface area contributed by atoms with E-state index >= 15 is 0 Å². The highest BCUT2D eigenvalue weighted by molar-refractivity contribution is 5.86. The van der Waals surface area contributed by atoms with Crippen LogP contribution in [0, 0.1) is 16.7 Å². The van der Waals surface area contributed by atoms with Gasteiger partial charge in [0.1, 0.15) is 5.78 Å². The Morgan fingerprint density at radius 2 is 1.53 bits per heavy atom. The molecule has 3 heteroatoms. The highest BCUT2D eigenvalue weighted by atomic mass is 16.7. The summed E-state index contributed by atoms with van der Waals surface area (Å²) >= 11 is 0. The van der Waals surface area contributed by atoms with E-state index in [0.717, 1.165) is 6.42 Å². The lowest BCUT2D eigenvalue weighted by molar-refractivity contribution is -0.212. The summed E-state index contributed by atoms with van der Waals surface area (Å²) in [5.74, 6) is 0.123. The summed E-state index contributed by atoms with van der Waals surface area (Å²) < 4.78 is 11.3. The maximum atomic E-state index is 12.1. The van der Waals surface area contributed by atoms with Crippen molar-refractivity contribution < 1.29 is 14.3 Å². The van der Waals surface area contributed by atoms with Crippen molar-refractivity contribution in [3.05, 3.63) is 0 Å². The van der Waals surface area contributed by atoms with Gasteiger partial charge < -0.3 is 9.47 Å². The van der Waals surface area contributed by atoms with E-state index in [1.54, 1.807) is 0 Å². The van der Waals surface area contributed by atoms with E-state index in [1.807, 2.05) is 20.8 Å². The molecular formula is C14H26O3. The van der Waals surface area contributed by atoms with Gasteiger partial charge in [0.25, 0.3) is 0 Å². The Bertz CT molecular complexity index is 262. The predicted octanol–water partition coefficient (Wildman–Crippen LogP) is 3.03. The summed E-state index contributed by atoms with van der Waals surface area (Å²) in [5, 5.41) is 0. The van der Waals surface area contributed by atoms with Gasteiger partial charge in [-0.25, -0.2) is 0 Å². The van der Waals surface area contributed by atoms with E-state index in [2.05, 4.69) is 20.8 Å². The Morgan fingerprint density at radius 1 is 1.06 bits per heavy atom. The van der Waals surface area contributed by atoms with Crippen LogP contribution in [0.3, 0.4) is 0 Å². The number of carbonyl (C=O) groups is 1. The van der Waals surface area contributed by atoms with Crippen LogP contribution in [0.2, 0.25) is 0 Å². The molecule has 1 fully saturated rings. The monoisotopic (exact) mass is 242 g/mol. The van der Waals surface area contributed by atoms with Crippen molar-refractivity contribution in [3.8, 4) is 0 Å². The van der Waals surface area contributed by atoms with Crippen molar-refractivity contribution in [1.82, 2.24) is 0 Å². The van der Waals surface area contributed by atoms with Crippen molar-refractivity contribution >= 4 is 5.78 Å². The van der Waals surface area contributed by atoms with Crippen LogP contribution in [0.1, 0.15) is 48.0 Å². The van der Waals surface area contributed by atoms with Crippen LogP contribution in [0.15, 0.2) is 0 Å². The molecule has 0 aromatic heterocycles. The number of ketones is 1. The van der Waals surface area contributed by atoms with Gasteiger partial charge in [-0.15, -0.1) is 0 Å². The van der Waals surface area contributed by atoms with E-state index in [9.17, 15) is 4.79 Å². The van der Waals surface area contributed by atoms with E-state index in [-0.39, 0.29) is 28.8 Å². The molecule has 0 spiro atoms. The third-order valence-electron chi connectivity index (χ3n) is 2.86. The highest BCUT2D eigenvalue weighted by Crippen LogP contribution is 2.28. The maximum absolute atomic E-state index is 12.1. The zero-order chi connectivity index (χ0) is 13.3. The number of carbonyl (C=O) groups excluding carboxylic acids is 1. The minimum atomic E-state index is -0.311. The minimum Gasteiger partial charge on any atom is -0.352 e. The maximum Gasteiger partial charge on any atom is 0.158 e. The zero-order valence-electron chi connectivity index (χ0n) is 12.0. The second-order valence-corrected chi connectivity index (χ2v) is 7.17. The average Bonchev–Trinajstić information content (AvgIpc) is 2.14. The molecule has 3 nitrogen and oxygen atoms in total. The molecule has 0 saturated carbocycles. The molecule has 1 rings (SSSR count). The van der Waals surface area contributed by atoms with Gasteiger partial charge in [-0.3, -0.25) is 4.79 Å². The molecule has 0 aliphatic carbocycles. The van der Waals surface area contributed by atoms with Crippen molar-refractivity contribution in [2.75, 3.05) is 13.2 Å². The molecule has 0 aromatic carbocycles. The first-order valence-corrected chi connectivity index (χ1v) is 6.37. The van der Waals surface area contributed by atoms with Gasteiger partial charge in [0.15, 0.2) is 6.29 Å². The molecule has 100 valence electrons. The fraction of sp³-hybridized carbons (Fsp3) is 0.929. The van der Waals surface area contributed by atoms with Gasteiger partial charge in [0.05, 0.1) is 19.1 Å². The van der Waals surface area contributed by atoms with E-state index in [4.69, 9.17) is 9.47 Å². The van der Waals surface area contributed by atoms with E-state index in [1.165, 1.54) is 0 Å². The van der Waals surface area contributed by atoms with Gasteiger partial charge >= 0.3 is 0 Å². The van der Waals surface area contributed by atoms with Crippen molar-refractivity contribution in [3.63, 3.8) is 0 Å². The van der Waals surface area contributed by atoms with Crippen LogP contribution in [0.5, 0.6) is 0 Å². The molecule has 0 N–H and O–H groups in total. The molecule has 0 amide bonds. The largest absolute Gasteiger partial charge is 0.352 e. The molecule has 1 heterocycles. The number of rotatable bonds is 2. The van der Waals surface area contributed by atoms with Gasteiger partial charge in [-0.05, 0) is 5.41 Å². The van der Waals surface area contributed by atoms with Gasteiger partial charge in [-0.1, -0.05) is 41.5 Å². The van der Waals surface area contributed by atoms with Gasteiger partial charge in [0.2, 0.25) is 0 Å². The predicted molar refractivity (Wildman–Crippen MR) is 67.7 cm³/mol. The fourth-order valence-corrected chi connectivity index (χ4v) is 1.92. The molecule has 0 bridgehead atoms. The summed E-state index contributed by atoms with van der Waals surface area (Å²) in [6, 6.07) is 0. The number of hydrogen-bond acceptors (Lipinski definition) is 3. The van der Waals surface area contributed by atoms with Gasteiger partial charge in [-0.2, -0.15) is 0 Å². The molecular weight excluding hydrogens is 216 g/mol. The van der Waals surface area contributed by atoms with Crippen LogP contribution in [-0.4, -0.2) is 25.3 Å². The molecule has 1 aliphatic rings. The standard InChI is InChI=1S/C14H26O3/c1-13(2,3)7-11-16-8-10(9-17-11)12(15)14(4,5)6/h10-11H,7-9H2,1-6H3. The summed E-state index contributed by atoms with van der Waals surface area (Å²) in [5.41, 5.74) is -0.125. The molecule has 0 aromatic rings. The third-order valence-corrected chi connectivity index (χ3v) is 2.86. The molecule has 17 heavy (non-hydrogen) atoms. The van der Waals surface area contributed by atoms with Crippen LogP contribution >= 0.6 is 0 Å². The number of hydrogen-bond donors (Lipinski definition) is 0. The minimum absolute atomic E-state index is 0.105. The second kappa shape index (κ2) is 5.07. The molecule has 0 unspecified atom stereocenters. The Morgan fingerprint density at radius 3 is 1.88 bits per heavy atom. The second-order valence-electron chi connectivity index (χ2n) is 7.17. The van der Waals surface area contributed by atoms with Crippen LogP contribution in [0.25, 0.3) is 0 Å². The highest BCUT2D eigenvalue weighted by Gasteiger charge is 2.34. The summed E-state index contributed by atoms with van der Waals surface area (Å²) in [7, 11) is 0. The summed E-state index contributed by atoms with van der Waals surface area (Å²) in [6.07, 6.45) is 0.711. The van der Waals surface area contributed by atoms with Crippen molar-refractivity contribution in [1.29, 1.82) is 0 Å². The normalized spacial score (nSPS) is 26.9. The first-order valence-electron chi connectivity index (χ1n) is 6.37. The van der Waals surface area contributed by atoms with Crippen LogP contribution in [0.4, 0.5) is 0 Å². The number of Topliss-reactive ketones (excluding diaryl/α,β-unsaturated/α-hetero) is 1. The smallest absolute Gasteiger partial charge is 0.158 e. The quantitative estimate of drug-likeness (QED) is 0.746. The fourth-order valence-electron chi connectivity index (χ4n) is 1.92. The van der Waals surface area contributed by atoms with Gasteiger partial charge in [0, 0.05) is 11.8 Å². The lowest BCUT2D eigenvalue weighted by Gasteiger charge is -2.34. The SMILES string of the molecule is CC(C)(C)CC1OCC(C(=O)C(C)(C)C)CO1.